The first-order valence-electron chi connectivity index (χ1n) is 7.34. The van der Waals surface area contributed by atoms with E-state index < -0.39 is 15.8 Å². The van der Waals surface area contributed by atoms with Gasteiger partial charge in [0, 0.05) is 18.6 Å². The smallest absolute Gasteiger partial charge is 0.246 e. The third-order valence-electron chi connectivity index (χ3n) is 4.05. The average Bonchev–Trinajstić information content (AvgIpc) is 2.38. The number of piperidine rings is 1. The van der Waals surface area contributed by atoms with Crippen molar-refractivity contribution in [3.63, 3.8) is 0 Å². The zero-order valence-electron chi connectivity index (χ0n) is 12.8. The molecule has 1 fully saturated rings. The SMILES string of the molecule is CNCc1ccc(S(=O)(=O)N2C(C)CCCC2C)c(F)c1. The quantitative estimate of drug-likeness (QED) is 0.929. The summed E-state index contributed by atoms with van der Waals surface area (Å²) in [7, 11) is -2.02. The molecule has 0 aliphatic carbocycles. The van der Waals surface area contributed by atoms with Crippen molar-refractivity contribution in [1.29, 1.82) is 0 Å². The van der Waals surface area contributed by atoms with Gasteiger partial charge in [0.15, 0.2) is 0 Å². The standard InChI is InChI=1S/C15H23FN2O2S/c1-11-5-4-6-12(2)18(11)21(19,20)15-8-7-13(10-17-3)9-14(15)16/h7-9,11-12,17H,4-6,10H2,1-3H3. The fourth-order valence-corrected chi connectivity index (χ4v) is 4.98. The molecule has 0 saturated carbocycles. The number of hydrogen-bond donors (Lipinski definition) is 1. The van der Waals surface area contributed by atoms with E-state index in [1.807, 2.05) is 13.8 Å². The molecule has 1 saturated heterocycles. The largest absolute Gasteiger partial charge is 0.316 e. The molecule has 1 aliphatic rings. The lowest BCUT2D eigenvalue weighted by molar-refractivity contribution is 0.203. The Labute approximate surface area is 126 Å². The van der Waals surface area contributed by atoms with E-state index in [0.29, 0.717) is 6.54 Å². The Morgan fingerprint density at radius 1 is 1.29 bits per heavy atom. The molecule has 0 spiro atoms. The summed E-state index contributed by atoms with van der Waals surface area (Å²) in [6, 6.07) is 4.16. The molecular weight excluding hydrogens is 291 g/mol. The summed E-state index contributed by atoms with van der Waals surface area (Å²) in [5, 5.41) is 2.92. The molecule has 0 amide bonds. The van der Waals surface area contributed by atoms with Crippen LogP contribution in [0, 0.1) is 5.82 Å². The highest BCUT2D eigenvalue weighted by Crippen LogP contribution is 2.30. The molecule has 2 atom stereocenters. The van der Waals surface area contributed by atoms with Gasteiger partial charge in [0.05, 0.1) is 0 Å². The van der Waals surface area contributed by atoms with Crippen molar-refractivity contribution in [3.05, 3.63) is 29.6 Å². The Kier molecular flexibility index (Phi) is 5.01. The monoisotopic (exact) mass is 314 g/mol. The van der Waals surface area contributed by atoms with Gasteiger partial charge < -0.3 is 5.32 Å². The van der Waals surface area contributed by atoms with Crippen molar-refractivity contribution in [2.24, 2.45) is 0 Å². The van der Waals surface area contributed by atoms with Gasteiger partial charge in [-0.25, -0.2) is 12.8 Å². The van der Waals surface area contributed by atoms with Crippen LogP contribution in [-0.2, 0) is 16.6 Å². The lowest BCUT2D eigenvalue weighted by Crippen LogP contribution is -2.47. The molecule has 21 heavy (non-hydrogen) atoms. The Hall–Kier alpha value is -0.980. The minimum absolute atomic E-state index is 0.0878. The molecule has 1 aromatic carbocycles. The molecule has 1 aromatic rings. The summed E-state index contributed by atoms with van der Waals surface area (Å²) >= 11 is 0. The van der Waals surface area contributed by atoms with Crippen molar-refractivity contribution in [3.8, 4) is 0 Å². The predicted octanol–water partition coefficient (Wildman–Crippen LogP) is 2.50. The summed E-state index contributed by atoms with van der Waals surface area (Å²) in [6.45, 7) is 4.29. The van der Waals surface area contributed by atoms with Crippen LogP contribution >= 0.6 is 0 Å². The normalized spacial score (nSPS) is 24.2. The van der Waals surface area contributed by atoms with Crippen LogP contribution in [0.1, 0.15) is 38.7 Å². The maximum absolute atomic E-state index is 14.2. The predicted molar refractivity (Wildman–Crippen MR) is 81.0 cm³/mol. The van der Waals surface area contributed by atoms with Crippen molar-refractivity contribution in [1.82, 2.24) is 9.62 Å². The van der Waals surface area contributed by atoms with Gasteiger partial charge in [-0.2, -0.15) is 4.31 Å². The van der Waals surface area contributed by atoms with Crippen LogP contribution in [0.3, 0.4) is 0 Å². The number of benzene rings is 1. The second-order valence-corrected chi connectivity index (χ2v) is 7.57. The van der Waals surface area contributed by atoms with Gasteiger partial charge in [0.25, 0.3) is 0 Å². The van der Waals surface area contributed by atoms with E-state index in [0.717, 1.165) is 24.8 Å². The van der Waals surface area contributed by atoms with E-state index in [2.05, 4.69) is 5.32 Å². The van der Waals surface area contributed by atoms with E-state index in [1.165, 1.54) is 16.4 Å². The van der Waals surface area contributed by atoms with E-state index in [1.54, 1.807) is 13.1 Å². The van der Waals surface area contributed by atoms with Crippen molar-refractivity contribution < 1.29 is 12.8 Å². The highest BCUT2D eigenvalue weighted by Gasteiger charge is 2.37. The van der Waals surface area contributed by atoms with Gasteiger partial charge in [0.2, 0.25) is 10.0 Å². The number of nitrogens with one attached hydrogen (secondary N) is 1. The van der Waals surface area contributed by atoms with Crippen LogP contribution in [0.25, 0.3) is 0 Å². The zero-order valence-corrected chi connectivity index (χ0v) is 13.6. The van der Waals surface area contributed by atoms with Gasteiger partial charge in [-0.15, -0.1) is 0 Å². The minimum atomic E-state index is -3.78. The van der Waals surface area contributed by atoms with Gasteiger partial charge in [-0.3, -0.25) is 0 Å². The van der Waals surface area contributed by atoms with E-state index in [4.69, 9.17) is 0 Å². The van der Waals surface area contributed by atoms with Gasteiger partial charge in [-0.1, -0.05) is 12.5 Å². The highest BCUT2D eigenvalue weighted by molar-refractivity contribution is 7.89. The highest BCUT2D eigenvalue weighted by atomic mass is 32.2. The molecule has 0 radical (unpaired) electrons. The topological polar surface area (TPSA) is 49.4 Å². The molecule has 0 aromatic heterocycles. The second kappa shape index (κ2) is 6.42. The number of sulfonamides is 1. The fourth-order valence-electron chi connectivity index (χ4n) is 3.05. The Bertz CT molecular complexity index is 594. The van der Waals surface area contributed by atoms with Crippen LogP contribution < -0.4 is 5.32 Å². The molecule has 1 aliphatic heterocycles. The summed E-state index contributed by atoms with van der Waals surface area (Å²) in [5.41, 5.74) is 0.730. The van der Waals surface area contributed by atoms with Crippen LogP contribution in [0.15, 0.2) is 23.1 Å². The summed E-state index contributed by atoms with van der Waals surface area (Å²) < 4.78 is 41.2. The third-order valence-corrected chi connectivity index (χ3v) is 6.21. The van der Waals surface area contributed by atoms with Crippen LogP contribution in [0.5, 0.6) is 0 Å². The first kappa shape index (κ1) is 16.4. The summed E-state index contributed by atoms with van der Waals surface area (Å²) in [4.78, 5) is -0.219. The maximum Gasteiger partial charge on any atom is 0.246 e. The number of hydrogen-bond acceptors (Lipinski definition) is 3. The van der Waals surface area contributed by atoms with Gasteiger partial charge >= 0.3 is 0 Å². The zero-order chi connectivity index (χ0) is 15.6. The van der Waals surface area contributed by atoms with Crippen molar-refractivity contribution in [2.45, 2.75) is 56.6 Å². The molecule has 6 heteroatoms. The molecule has 2 unspecified atom stereocenters. The number of nitrogens with zero attached hydrogens (tertiary/aromatic N) is 1. The Balaban J connectivity index is 2.39. The molecule has 1 N–H and O–H groups in total. The lowest BCUT2D eigenvalue weighted by Gasteiger charge is -2.37. The van der Waals surface area contributed by atoms with E-state index in [9.17, 15) is 12.8 Å². The number of rotatable bonds is 4. The first-order chi connectivity index (χ1) is 9.87. The number of halogens is 1. The molecule has 118 valence electrons. The molecular formula is C15H23FN2O2S. The lowest BCUT2D eigenvalue weighted by atomic mass is 10.0. The Morgan fingerprint density at radius 2 is 1.90 bits per heavy atom. The Morgan fingerprint density at radius 3 is 2.43 bits per heavy atom. The van der Waals surface area contributed by atoms with Gasteiger partial charge in [-0.05, 0) is 51.4 Å². The molecule has 2 rings (SSSR count). The maximum atomic E-state index is 14.2. The second-order valence-electron chi connectivity index (χ2n) is 5.76. The third kappa shape index (κ3) is 3.27. The molecule has 0 bridgehead atoms. The van der Waals surface area contributed by atoms with Crippen molar-refractivity contribution in [2.75, 3.05) is 7.05 Å². The first-order valence-corrected chi connectivity index (χ1v) is 8.78. The van der Waals surface area contributed by atoms with Crippen LogP contribution in [0.2, 0.25) is 0 Å². The van der Waals surface area contributed by atoms with Crippen molar-refractivity contribution >= 4 is 10.0 Å². The summed E-state index contributed by atoms with van der Waals surface area (Å²) in [6.07, 6.45) is 2.66. The molecule has 1 heterocycles. The van der Waals surface area contributed by atoms with E-state index in [-0.39, 0.29) is 17.0 Å². The van der Waals surface area contributed by atoms with Crippen LogP contribution in [0.4, 0.5) is 4.39 Å². The van der Waals surface area contributed by atoms with Crippen LogP contribution in [-0.4, -0.2) is 31.9 Å². The summed E-state index contributed by atoms with van der Waals surface area (Å²) in [5.74, 6) is -0.673. The van der Waals surface area contributed by atoms with Gasteiger partial charge in [0.1, 0.15) is 10.7 Å². The average molecular weight is 314 g/mol. The molecule has 4 nitrogen and oxygen atoms in total. The fraction of sp³-hybridized carbons (Fsp3) is 0.600. The minimum Gasteiger partial charge on any atom is -0.316 e. The van der Waals surface area contributed by atoms with E-state index >= 15 is 0 Å².